The van der Waals surface area contributed by atoms with Crippen LogP contribution in [0, 0.1) is 11.6 Å². The van der Waals surface area contributed by atoms with E-state index < -0.39 is 35.3 Å². The van der Waals surface area contributed by atoms with Gasteiger partial charge in [0.2, 0.25) is 29.4 Å². The van der Waals surface area contributed by atoms with Crippen molar-refractivity contribution in [3.63, 3.8) is 0 Å². The second-order valence-corrected chi connectivity index (χ2v) is 7.82. The van der Waals surface area contributed by atoms with E-state index >= 15 is 0 Å². The van der Waals surface area contributed by atoms with E-state index in [0.29, 0.717) is 16.7 Å². The molecule has 0 saturated carbocycles. The van der Waals surface area contributed by atoms with Crippen molar-refractivity contribution >= 4 is 29.4 Å². The van der Waals surface area contributed by atoms with Gasteiger partial charge < -0.3 is 15.0 Å². The van der Waals surface area contributed by atoms with Gasteiger partial charge in [-0.15, -0.1) is 0 Å². The Morgan fingerprint density at radius 1 is 1.27 bits per heavy atom. The van der Waals surface area contributed by atoms with Crippen molar-refractivity contribution < 1.29 is 32.7 Å². The minimum absolute atomic E-state index is 0.0346. The van der Waals surface area contributed by atoms with Gasteiger partial charge in [0.1, 0.15) is 6.04 Å². The molecule has 2 N–H and O–H groups in total. The number of methoxy groups -OCH3 is 1. The Morgan fingerprint density at radius 2 is 2.03 bits per heavy atom. The van der Waals surface area contributed by atoms with E-state index in [9.17, 15) is 28.0 Å². The quantitative estimate of drug-likeness (QED) is 0.659. The van der Waals surface area contributed by atoms with Crippen molar-refractivity contribution in [1.29, 1.82) is 0 Å². The number of carbonyl (C=O) groups excluding carboxylic acids is 4. The number of carbonyl (C=O) groups is 4. The minimum Gasteiger partial charge on any atom is -0.492 e. The van der Waals surface area contributed by atoms with Crippen molar-refractivity contribution in [2.75, 3.05) is 12.4 Å². The molecule has 172 valence electrons. The van der Waals surface area contributed by atoms with Gasteiger partial charge >= 0.3 is 0 Å². The zero-order valence-corrected chi connectivity index (χ0v) is 17.8. The number of ether oxygens (including phenoxy) is 1. The lowest BCUT2D eigenvalue weighted by molar-refractivity contribution is -0.137. The molecule has 33 heavy (non-hydrogen) atoms. The zero-order chi connectivity index (χ0) is 23.9. The van der Waals surface area contributed by atoms with Crippen LogP contribution in [-0.2, 0) is 27.3 Å². The molecule has 0 bridgehead atoms. The number of nitrogens with zero attached hydrogens (tertiary/aromatic N) is 2. The fourth-order valence-electron chi connectivity index (χ4n) is 4.07. The normalized spacial score (nSPS) is 17.6. The van der Waals surface area contributed by atoms with Crippen LogP contribution in [0.1, 0.15) is 46.9 Å². The first-order chi connectivity index (χ1) is 15.7. The van der Waals surface area contributed by atoms with Crippen molar-refractivity contribution in [2.45, 2.75) is 38.8 Å². The number of pyridine rings is 1. The summed E-state index contributed by atoms with van der Waals surface area (Å²) in [6, 6.07) is 4.23. The zero-order valence-electron chi connectivity index (χ0n) is 17.8. The fraction of sp³-hybridized carbons (Fsp3) is 0.318. The van der Waals surface area contributed by atoms with E-state index in [1.165, 1.54) is 12.0 Å². The predicted octanol–water partition coefficient (Wildman–Crippen LogP) is 1.68. The van der Waals surface area contributed by atoms with Crippen LogP contribution in [0.15, 0.2) is 18.2 Å². The van der Waals surface area contributed by atoms with Gasteiger partial charge in [0.05, 0.1) is 12.8 Å². The molecule has 1 fully saturated rings. The lowest BCUT2D eigenvalue weighted by atomic mass is 10.0. The van der Waals surface area contributed by atoms with E-state index in [1.54, 1.807) is 18.2 Å². The van der Waals surface area contributed by atoms with Crippen molar-refractivity contribution in [3.8, 4) is 5.75 Å². The molecular formula is C22H20F2N4O5. The number of rotatable bonds is 5. The number of aromatic nitrogens is 1. The molecule has 0 aliphatic carbocycles. The highest BCUT2D eigenvalue weighted by atomic mass is 19.2. The van der Waals surface area contributed by atoms with Crippen LogP contribution < -0.4 is 15.4 Å². The molecule has 1 aromatic heterocycles. The summed E-state index contributed by atoms with van der Waals surface area (Å²) >= 11 is 0. The molecule has 2 aliphatic rings. The molecule has 2 aromatic rings. The SMILES string of the molecule is COc1c(Cc2ccc3c(c2)CN(C2CCC(=O)NC2=O)C3=O)nc(NC(C)=O)c(F)c1F. The molecule has 1 aromatic carbocycles. The summed E-state index contributed by atoms with van der Waals surface area (Å²) in [6.45, 7) is 1.32. The molecule has 1 atom stereocenters. The maximum absolute atomic E-state index is 14.5. The summed E-state index contributed by atoms with van der Waals surface area (Å²) in [5, 5.41) is 4.40. The van der Waals surface area contributed by atoms with Crippen molar-refractivity contribution in [3.05, 3.63) is 52.2 Å². The number of imide groups is 1. The Morgan fingerprint density at radius 3 is 2.70 bits per heavy atom. The summed E-state index contributed by atoms with van der Waals surface area (Å²) in [5.41, 5.74) is 1.78. The highest BCUT2D eigenvalue weighted by Crippen LogP contribution is 2.32. The monoisotopic (exact) mass is 458 g/mol. The highest BCUT2D eigenvalue weighted by Gasteiger charge is 2.39. The topological polar surface area (TPSA) is 118 Å². The molecule has 9 nitrogen and oxygen atoms in total. The Balaban J connectivity index is 1.61. The fourth-order valence-corrected chi connectivity index (χ4v) is 4.07. The summed E-state index contributed by atoms with van der Waals surface area (Å²) in [4.78, 5) is 53.2. The predicted molar refractivity (Wildman–Crippen MR) is 110 cm³/mol. The second kappa shape index (κ2) is 8.57. The first-order valence-electron chi connectivity index (χ1n) is 10.2. The number of anilines is 1. The summed E-state index contributed by atoms with van der Waals surface area (Å²) in [6.07, 6.45) is 0.437. The van der Waals surface area contributed by atoms with E-state index in [1.807, 2.05) is 0 Å². The van der Waals surface area contributed by atoms with Crippen LogP contribution in [0.5, 0.6) is 5.75 Å². The van der Waals surface area contributed by atoms with Crippen LogP contribution in [0.2, 0.25) is 0 Å². The van der Waals surface area contributed by atoms with Gasteiger partial charge in [0, 0.05) is 31.9 Å². The molecule has 4 amide bonds. The number of amides is 4. The number of hydrogen-bond donors (Lipinski definition) is 2. The molecule has 0 spiro atoms. The Labute approximate surface area is 187 Å². The van der Waals surface area contributed by atoms with E-state index in [2.05, 4.69) is 15.6 Å². The van der Waals surface area contributed by atoms with Crippen LogP contribution >= 0.6 is 0 Å². The van der Waals surface area contributed by atoms with Gasteiger partial charge in [-0.1, -0.05) is 12.1 Å². The maximum atomic E-state index is 14.5. The third-order valence-electron chi connectivity index (χ3n) is 5.57. The lowest BCUT2D eigenvalue weighted by Crippen LogP contribution is -2.52. The number of halogens is 2. The average Bonchev–Trinajstić information content (AvgIpc) is 3.07. The second-order valence-electron chi connectivity index (χ2n) is 7.82. The molecule has 0 radical (unpaired) electrons. The third-order valence-corrected chi connectivity index (χ3v) is 5.57. The first-order valence-corrected chi connectivity index (χ1v) is 10.2. The molecule has 4 rings (SSSR count). The standard InChI is InChI=1S/C22H20F2N4O5/c1-10(29)25-20-18(24)17(23)19(33-2)14(26-20)8-11-3-4-13-12(7-11)9-28(22(13)32)15-5-6-16(30)27-21(15)31/h3-4,7,15H,5-6,8-9H2,1-2H3,(H,25,26,29)(H,27,30,31). The molecular weight excluding hydrogens is 438 g/mol. The lowest BCUT2D eigenvalue weighted by Gasteiger charge is -2.29. The number of nitrogens with one attached hydrogen (secondary N) is 2. The Kier molecular flexibility index (Phi) is 5.79. The van der Waals surface area contributed by atoms with Crippen LogP contribution in [-0.4, -0.2) is 46.7 Å². The average molecular weight is 458 g/mol. The number of fused-ring (bicyclic) bond motifs is 1. The molecule has 1 unspecified atom stereocenters. The van der Waals surface area contributed by atoms with Gasteiger partial charge in [-0.05, 0) is 23.6 Å². The number of hydrogen-bond acceptors (Lipinski definition) is 6. The number of piperidine rings is 1. The summed E-state index contributed by atoms with van der Waals surface area (Å²) in [5.74, 6) is -5.33. The first kappa shape index (κ1) is 22.3. The summed E-state index contributed by atoms with van der Waals surface area (Å²) in [7, 11) is 1.18. The number of benzene rings is 1. The van der Waals surface area contributed by atoms with Crippen molar-refractivity contribution in [2.24, 2.45) is 0 Å². The molecule has 1 saturated heterocycles. The Hall–Kier alpha value is -3.89. The van der Waals surface area contributed by atoms with E-state index in [-0.39, 0.29) is 49.1 Å². The Bertz CT molecular complexity index is 1200. The molecule has 11 heteroatoms. The molecule has 3 heterocycles. The van der Waals surface area contributed by atoms with Crippen LogP contribution in [0.3, 0.4) is 0 Å². The van der Waals surface area contributed by atoms with Gasteiger partial charge in [-0.3, -0.25) is 24.5 Å². The van der Waals surface area contributed by atoms with Gasteiger partial charge in [0.25, 0.3) is 5.91 Å². The molecule has 2 aliphatic heterocycles. The minimum atomic E-state index is -1.33. The van der Waals surface area contributed by atoms with E-state index in [0.717, 1.165) is 6.92 Å². The largest absolute Gasteiger partial charge is 0.492 e. The van der Waals surface area contributed by atoms with E-state index in [4.69, 9.17) is 4.74 Å². The smallest absolute Gasteiger partial charge is 0.255 e. The van der Waals surface area contributed by atoms with Crippen LogP contribution in [0.25, 0.3) is 0 Å². The third kappa shape index (κ3) is 4.13. The maximum Gasteiger partial charge on any atom is 0.255 e. The van der Waals surface area contributed by atoms with Crippen LogP contribution in [0.4, 0.5) is 14.6 Å². The van der Waals surface area contributed by atoms with Crippen molar-refractivity contribution in [1.82, 2.24) is 15.2 Å². The summed E-state index contributed by atoms with van der Waals surface area (Å²) < 4.78 is 33.7. The van der Waals surface area contributed by atoms with Gasteiger partial charge in [-0.25, -0.2) is 4.98 Å². The van der Waals surface area contributed by atoms with Gasteiger partial charge in [-0.2, -0.15) is 8.78 Å². The van der Waals surface area contributed by atoms with Gasteiger partial charge in [0.15, 0.2) is 11.6 Å². The highest BCUT2D eigenvalue weighted by molar-refractivity contribution is 6.05.